The summed E-state index contributed by atoms with van der Waals surface area (Å²) in [5, 5.41) is 12.5. The molecule has 0 saturated heterocycles. The molecule has 0 spiro atoms. The quantitative estimate of drug-likeness (QED) is 0.767. The SMILES string of the molecule is CC(Nc1cc(Cl)c(F)c(Cl)c1)c1ccc(F)cc1O. The monoisotopic (exact) mass is 317 g/mol. The van der Waals surface area contributed by atoms with Crippen molar-refractivity contribution in [1.29, 1.82) is 0 Å². The van der Waals surface area contributed by atoms with Crippen LogP contribution in [0, 0.1) is 11.6 Å². The van der Waals surface area contributed by atoms with Crippen LogP contribution in [-0.2, 0) is 0 Å². The molecule has 0 amide bonds. The molecular formula is C14H11Cl2F2NO. The zero-order valence-corrected chi connectivity index (χ0v) is 11.9. The Balaban J connectivity index is 2.25. The Morgan fingerprint density at radius 2 is 1.70 bits per heavy atom. The zero-order chi connectivity index (χ0) is 14.9. The molecule has 106 valence electrons. The molecule has 2 nitrogen and oxygen atoms in total. The number of hydrogen-bond acceptors (Lipinski definition) is 2. The highest BCUT2D eigenvalue weighted by Gasteiger charge is 2.13. The number of aromatic hydroxyl groups is 1. The third kappa shape index (κ3) is 3.14. The molecule has 2 rings (SSSR count). The first-order chi connectivity index (χ1) is 9.38. The van der Waals surface area contributed by atoms with E-state index in [-0.39, 0.29) is 21.8 Å². The predicted octanol–water partition coefficient (Wildman–Crippen LogP) is 5.15. The van der Waals surface area contributed by atoms with E-state index in [0.29, 0.717) is 11.3 Å². The summed E-state index contributed by atoms with van der Waals surface area (Å²) in [5.74, 6) is -1.37. The van der Waals surface area contributed by atoms with Gasteiger partial charge in [-0.25, -0.2) is 8.78 Å². The minimum Gasteiger partial charge on any atom is -0.507 e. The number of phenols is 1. The predicted molar refractivity (Wildman–Crippen MR) is 76.5 cm³/mol. The van der Waals surface area contributed by atoms with Crippen molar-refractivity contribution in [3.63, 3.8) is 0 Å². The van der Waals surface area contributed by atoms with Crippen LogP contribution in [0.25, 0.3) is 0 Å². The third-order valence-electron chi connectivity index (χ3n) is 2.83. The van der Waals surface area contributed by atoms with Crippen molar-refractivity contribution in [2.24, 2.45) is 0 Å². The topological polar surface area (TPSA) is 32.3 Å². The lowest BCUT2D eigenvalue weighted by molar-refractivity contribution is 0.459. The average Bonchev–Trinajstić information content (AvgIpc) is 2.35. The second kappa shape index (κ2) is 5.85. The van der Waals surface area contributed by atoms with Gasteiger partial charge in [-0.05, 0) is 25.1 Å². The highest BCUT2D eigenvalue weighted by Crippen LogP contribution is 2.31. The van der Waals surface area contributed by atoms with Crippen molar-refractivity contribution in [3.8, 4) is 5.75 Å². The lowest BCUT2D eigenvalue weighted by atomic mass is 10.1. The molecule has 2 N–H and O–H groups in total. The first kappa shape index (κ1) is 14.9. The molecule has 2 aromatic rings. The number of benzene rings is 2. The summed E-state index contributed by atoms with van der Waals surface area (Å²) in [4.78, 5) is 0. The first-order valence-electron chi connectivity index (χ1n) is 5.78. The van der Waals surface area contributed by atoms with Gasteiger partial charge < -0.3 is 10.4 Å². The van der Waals surface area contributed by atoms with Crippen LogP contribution in [0.5, 0.6) is 5.75 Å². The molecule has 0 aliphatic heterocycles. The van der Waals surface area contributed by atoms with E-state index in [0.717, 1.165) is 6.07 Å². The Kier molecular flexibility index (Phi) is 4.35. The van der Waals surface area contributed by atoms with Gasteiger partial charge >= 0.3 is 0 Å². The Labute approximate surface area is 125 Å². The number of phenolic OH excluding ortho intramolecular Hbond substituents is 1. The van der Waals surface area contributed by atoms with Gasteiger partial charge in [0.15, 0.2) is 5.82 Å². The van der Waals surface area contributed by atoms with Crippen LogP contribution in [0.3, 0.4) is 0 Å². The lowest BCUT2D eigenvalue weighted by Crippen LogP contribution is -2.07. The van der Waals surface area contributed by atoms with Gasteiger partial charge in [-0.15, -0.1) is 0 Å². The van der Waals surface area contributed by atoms with Gasteiger partial charge in [0.05, 0.1) is 16.1 Å². The third-order valence-corrected chi connectivity index (χ3v) is 3.38. The van der Waals surface area contributed by atoms with Crippen molar-refractivity contribution in [3.05, 3.63) is 57.6 Å². The molecule has 20 heavy (non-hydrogen) atoms. The largest absolute Gasteiger partial charge is 0.507 e. The molecular weight excluding hydrogens is 307 g/mol. The molecule has 0 aromatic heterocycles. The number of anilines is 1. The van der Waals surface area contributed by atoms with Crippen LogP contribution in [0.1, 0.15) is 18.5 Å². The fourth-order valence-electron chi connectivity index (χ4n) is 1.85. The zero-order valence-electron chi connectivity index (χ0n) is 10.4. The first-order valence-corrected chi connectivity index (χ1v) is 6.53. The standard InChI is InChI=1S/C14H11Cl2F2NO/c1-7(10-3-2-8(17)4-13(10)20)19-9-5-11(15)14(18)12(16)6-9/h2-7,19-20H,1H3. The summed E-state index contributed by atoms with van der Waals surface area (Å²) in [6.45, 7) is 1.76. The van der Waals surface area contributed by atoms with E-state index < -0.39 is 11.6 Å². The van der Waals surface area contributed by atoms with Crippen molar-refractivity contribution < 1.29 is 13.9 Å². The molecule has 0 fully saturated rings. The van der Waals surface area contributed by atoms with Crippen LogP contribution in [0.15, 0.2) is 30.3 Å². The molecule has 0 heterocycles. The second-order valence-electron chi connectivity index (χ2n) is 4.32. The van der Waals surface area contributed by atoms with Gasteiger partial charge in [-0.3, -0.25) is 0 Å². The molecule has 6 heteroatoms. The van der Waals surface area contributed by atoms with Crippen molar-refractivity contribution >= 4 is 28.9 Å². The van der Waals surface area contributed by atoms with Gasteiger partial charge in [0.25, 0.3) is 0 Å². The summed E-state index contributed by atoms with van der Waals surface area (Å²) >= 11 is 11.4. The maximum Gasteiger partial charge on any atom is 0.160 e. The highest BCUT2D eigenvalue weighted by atomic mass is 35.5. The van der Waals surface area contributed by atoms with Crippen LogP contribution in [0.4, 0.5) is 14.5 Å². The minimum atomic E-state index is -0.684. The lowest BCUT2D eigenvalue weighted by Gasteiger charge is -2.17. The Bertz CT molecular complexity index is 626. The summed E-state index contributed by atoms with van der Waals surface area (Å²) in [5.41, 5.74) is 1.00. The molecule has 1 atom stereocenters. The minimum absolute atomic E-state index is 0.101. The maximum absolute atomic E-state index is 13.3. The van der Waals surface area contributed by atoms with E-state index in [1.807, 2.05) is 0 Å². The second-order valence-corrected chi connectivity index (χ2v) is 5.14. The van der Waals surface area contributed by atoms with E-state index >= 15 is 0 Å². The molecule has 0 saturated carbocycles. The van der Waals surface area contributed by atoms with Crippen LogP contribution in [-0.4, -0.2) is 5.11 Å². The summed E-state index contributed by atoms with van der Waals surface area (Å²) in [6, 6.07) is 6.18. The Hall–Kier alpha value is -1.52. The van der Waals surface area contributed by atoms with Crippen LogP contribution < -0.4 is 5.32 Å². The number of hydrogen-bond donors (Lipinski definition) is 2. The number of halogens is 4. The van der Waals surface area contributed by atoms with Crippen LogP contribution in [0.2, 0.25) is 10.0 Å². The number of rotatable bonds is 3. The van der Waals surface area contributed by atoms with Crippen LogP contribution >= 0.6 is 23.2 Å². The molecule has 0 radical (unpaired) electrons. The Morgan fingerprint density at radius 1 is 1.10 bits per heavy atom. The van der Waals surface area contributed by atoms with E-state index in [9.17, 15) is 13.9 Å². The van der Waals surface area contributed by atoms with Gasteiger partial charge in [-0.2, -0.15) is 0 Å². The molecule has 0 aliphatic carbocycles. The van der Waals surface area contributed by atoms with E-state index in [1.54, 1.807) is 6.92 Å². The molecule has 0 bridgehead atoms. The fraction of sp³-hybridized carbons (Fsp3) is 0.143. The van der Waals surface area contributed by atoms with Crippen molar-refractivity contribution in [2.75, 3.05) is 5.32 Å². The molecule has 2 aromatic carbocycles. The summed E-state index contributed by atoms with van der Waals surface area (Å²) in [7, 11) is 0. The molecule has 1 unspecified atom stereocenters. The van der Waals surface area contributed by atoms with E-state index in [4.69, 9.17) is 23.2 Å². The van der Waals surface area contributed by atoms with Gasteiger partial charge in [-0.1, -0.05) is 29.3 Å². The smallest absolute Gasteiger partial charge is 0.160 e. The Morgan fingerprint density at radius 3 is 2.25 bits per heavy atom. The van der Waals surface area contributed by atoms with Crippen molar-refractivity contribution in [2.45, 2.75) is 13.0 Å². The van der Waals surface area contributed by atoms with E-state index in [1.165, 1.54) is 24.3 Å². The van der Waals surface area contributed by atoms with Gasteiger partial charge in [0.1, 0.15) is 11.6 Å². The maximum atomic E-state index is 13.3. The van der Waals surface area contributed by atoms with E-state index in [2.05, 4.69) is 5.32 Å². The number of nitrogens with one attached hydrogen (secondary N) is 1. The average molecular weight is 318 g/mol. The van der Waals surface area contributed by atoms with Gasteiger partial charge in [0, 0.05) is 17.3 Å². The summed E-state index contributed by atoms with van der Waals surface area (Å²) < 4.78 is 26.2. The summed E-state index contributed by atoms with van der Waals surface area (Å²) in [6.07, 6.45) is 0. The fourth-order valence-corrected chi connectivity index (χ4v) is 2.34. The normalized spacial score (nSPS) is 12.2. The highest BCUT2D eigenvalue weighted by molar-refractivity contribution is 6.35. The van der Waals surface area contributed by atoms with Crippen molar-refractivity contribution in [1.82, 2.24) is 0 Å². The molecule has 0 aliphatic rings. The van der Waals surface area contributed by atoms with Gasteiger partial charge in [0.2, 0.25) is 0 Å².